The van der Waals surface area contributed by atoms with Gasteiger partial charge in [0.15, 0.2) is 23.3 Å². The van der Waals surface area contributed by atoms with Gasteiger partial charge in [0.05, 0.1) is 11.7 Å². The first-order valence-electron chi connectivity index (χ1n) is 13.8. The zero-order chi connectivity index (χ0) is 28.9. The molecule has 14 nitrogen and oxygen atoms in total. The van der Waals surface area contributed by atoms with Crippen LogP contribution in [-0.4, -0.2) is 91.7 Å². The molecule has 4 atom stereocenters. The number of aliphatic imine (C=N–C) groups is 2. The zero-order valence-corrected chi connectivity index (χ0v) is 22.7. The zero-order valence-electron chi connectivity index (χ0n) is 22.7. The normalized spacial score (nSPS) is 27.8. The molecule has 4 heterocycles. The van der Waals surface area contributed by atoms with E-state index in [4.69, 9.17) is 11.5 Å². The molecule has 1 aromatic heterocycles. The second kappa shape index (κ2) is 9.96. The second-order valence-electron chi connectivity index (χ2n) is 11.0. The molecular formula is C27H34N10O4. The summed E-state index contributed by atoms with van der Waals surface area (Å²) in [7, 11) is 0. The summed E-state index contributed by atoms with van der Waals surface area (Å²) in [5, 5.41) is 39.7. The highest BCUT2D eigenvalue weighted by molar-refractivity contribution is 5.97. The van der Waals surface area contributed by atoms with Crippen molar-refractivity contribution < 1.29 is 19.8 Å². The van der Waals surface area contributed by atoms with Crippen molar-refractivity contribution in [3.63, 3.8) is 0 Å². The van der Waals surface area contributed by atoms with Crippen molar-refractivity contribution in [2.45, 2.75) is 68.6 Å². The molecular weight excluding hydrogens is 528 g/mol. The second-order valence-corrected chi connectivity index (χ2v) is 11.0. The Labute approximate surface area is 236 Å². The third kappa shape index (κ3) is 4.34. The number of fused-ring (bicyclic) bond motifs is 1. The number of carbonyl (C=O) groups excluding carboxylic acids is 2. The van der Waals surface area contributed by atoms with Gasteiger partial charge in [-0.15, -0.1) is 5.10 Å². The number of rotatable bonds is 5. The first-order valence-corrected chi connectivity index (χ1v) is 13.8. The number of aromatic nitrogens is 2. The number of guanidine groups is 2. The Kier molecular flexibility index (Phi) is 6.53. The molecule has 2 amide bonds. The predicted molar refractivity (Wildman–Crippen MR) is 149 cm³/mol. The van der Waals surface area contributed by atoms with Crippen LogP contribution in [-0.2, 0) is 12.8 Å². The fourth-order valence-corrected chi connectivity index (χ4v) is 6.47. The molecule has 0 radical (unpaired) electrons. The smallest absolute Gasteiger partial charge is 0.271 e. The maximum absolute atomic E-state index is 13.6. The van der Waals surface area contributed by atoms with Crippen LogP contribution in [0.2, 0.25) is 0 Å². The molecule has 1 saturated heterocycles. The van der Waals surface area contributed by atoms with Gasteiger partial charge in [0, 0.05) is 18.7 Å². The van der Waals surface area contributed by atoms with Gasteiger partial charge in [0.1, 0.15) is 12.1 Å². The molecule has 1 fully saturated rings. The fraction of sp³-hybridized carbons (Fsp3) is 0.481. The number of nitrogens with zero attached hydrogens (tertiary/aromatic N) is 5. The van der Waals surface area contributed by atoms with Crippen LogP contribution in [0.15, 0.2) is 40.3 Å². The third-order valence-corrected chi connectivity index (χ3v) is 8.50. The van der Waals surface area contributed by atoms with Gasteiger partial charge in [-0.25, -0.2) is 9.98 Å². The van der Waals surface area contributed by atoms with Crippen molar-refractivity contribution in [2.75, 3.05) is 13.1 Å². The van der Waals surface area contributed by atoms with Crippen LogP contribution in [0, 0.1) is 6.92 Å². The van der Waals surface area contributed by atoms with Crippen LogP contribution < -0.4 is 27.4 Å². The molecule has 41 heavy (non-hydrogen) atoms. The fourth-order valence-electron chi connectivity index (χ4n) is 6.47. The summed E-state index contributed by atoms with van der Waals surface area (Å²) >= 11 is 0. The largest absolute Gasteiger partial charge is 0.370 e. The molecule has 2 aromatic rings. The van der Waals surface area contributed by atoms with E-state index in [9.17, 15) is 19.8 Å². The maximum atomic E-state index is 13.6. The lowest BCUT2D eigenvalue weighted by molar-refractivity contribution is -0.230. The van der Waals surface area contributed by atoms with Crippen LogP contribution in [0.3, 0.4) is 0 Å². The number of hydrogen-bond acceptors (Lipinski definition) is 12. The Morgan fingerprint density at radius 2 is 1.88 bits per heavy atom. The van der Waals surface area contributed by atoms with Crippen LogP contribution in [0.5, 0.6) is 0 Å². The summed E-state index contributed by atoms with van der Waals surface area (Å²) in [6, 6.07) is 5.96. The summed E-state index contributed by atoms with van der Waals surface area (Å²) in [6.45, 7) is 1.65. The summed E-state index contributed by atoms with van der Waals surface area (Å²) in [4.78, 5) is 36.7. The van der Waals surface area contributed by atoms with E-state index in [0.717, 1.165) is 43.2 Å². The lowest BCUT2D eigenvalue weighted by Gasteiger charge is -2.49. The lowest BCUT2D eigenvalue weighted by Crippen LogP contribution is -2.78. The molecule has 0 bridgehead atoms. The highest BCUT2D eigenvalue weighted by Crippen LogP contribution is 2.44. The van der Waals surface area contributed by atoms with E-state index in [1.165, 1.54) is 4.90 Å². The average Bonchev–Trinajstić information content (AvgIpc) is 3.27. The Morgan fingerprint density at radius 3 is 2.66 bits per heavy atom. The van der Waals surface area contributed by atoms with Crippen molar-refractivity contribution in [1.82, 2.24) is 31.0 Å². The molecule has 1 spiro atoms. The SMILES string of the molecule is Cc1ccc(C(=O)NC[C@@H]2N=C(N)N3CC(NC(=O)c4cccc5c4CCCCC5)C(O)(O)[C@@]34NC(N)=N[C@@H]24)nn1. The Bertz CT molecular complexity index is 1440. The van der Waals surface area contributed by atoms with Gasteiger partial charge in [-0.1, -0.05) is 18.6 Å². The first-order chi connectivity index (χ1) is 19.6. The quantitative estimate of drug-likeness (QED) is 0.161. The van der Waals surface area contributed by atoms with Crippen molar-refractivity contribution in [3.05, 3.63) is 58.4 Å². The number of carbonyl (C=O) groups is 2. The van der Waals surface area contributed by atoms with Crippen molar-refractivity contribution in [2.24, 2.45) is 21.5 Å². The maximum Gasteiger partial charge on any atom is 0.271 e. The third-order valence-electron chi connectivity index (χ3n) is 8.50. The van der Waals surface area contributed by atoms with Gasteiger partial charge < -0.3 is 42.5 Å². The average molecular weight is 563 g/mol. The molecule has 4 aliphatic rings. The van der Waals surface area contributed by atoms with E-state index in [2.05, 4.69) is 36.1 Å². The number of nitrogens with one attached hydrogen (secondary N) is 3. The molecule has 9 N–H and O–H groups in total. The predicted octanol–water partition coefficient (Wildman–Crippen LogP) is -1.74. The van der Waals surface area contributed by atoms with E-state index in [0.29, 0.717) is 11.3 Å². The number of hydrogen-bond donors (Lipinski definition) is 7. The highest BCUT2D eigenvalue weighted by Gasteiger charge is 2.73. The van der Waals surface area contributed by atoms with Gasteiger partial charge in [-0.05, 0) is 61.9 Å². The van der Waals surface area contributed by atoms with Gasteiger partial charge in [-0.2, -0.15) is 5.10 Å². The van der Waals surface area contributed by atoms with E-state index in [1.807, 2.05) is 12.1 Å². The molecule has 1 aromatic carbocycles. The van der Waals surface area contributed by atoms with Crippen molar-refractivity contribution >= 4 is 23.7 Å². The number of benzene rings is 1. The summed E-state index contributed by atoms with van der Waals surface area (Å²) in [5.41, 5.74) is 14.1. The molecule has 3 aliphatic heterocycles. The van der Waals surface area contributed by atoms with Gasteiger partial charge >= 0.3 is 0 Å². The number of aliphatic hydroxyl groups is 2. The molecule has 216 valence electrons. The van der Waals surface area contributed by atoms with Gasteiger partial charge in [0.2, 0.25) is 5.79 Å². The Hall–Kier alpha value is -4.30. The summed E-state index contributed by atoms with van der Waals surface area (Å²) in [6.07, 6.45) is 4.86. The van der Waals surface area contributed by atoms with E-state index >= 15 is 0 Å². The van der Waals surface area contributed by atoms with Crippen molar-refractivity contribution in [1.29, 1.82) is 0 Å². The van der Waals surface area contributed by atoms with E-state index < -0.39 is 41.4 Å². The molecule has 1 unspecified atom stereocenters. The standard InChI is InChI=1S/C27H34N10O4/c1-14-10-11-18(36-35-14)23(39)30-12-19-21-26(34-24(28)33-21)27(40,41)20(13-37(26)25(29)31-19)32-22(38)17-9-5-7-15-6-3-2-4-8-16(15)17/h5,7,9-11,19-21,40-41H,2-4,6,8,12-13H2,1H3,(H2,29,31)(H,30,39)(H,32,38)(H3,28,33,34)/t19-,20?,21-,26-/m0/s1. The minimum absolute atomic E-state index is 0.00849. The molecule has 0 saturated carbocycles. The van der Waals surface area contributed by atoms with Crippen LogP contribution >= 0.6 is 0 Å². The number of amides is 2. The highest BCUT2D eigenvalue weighted by atomic mass is 16.5. The topological polar surface area (TPSA) is 216 Å². The van der Waals surface area contributed by atoms with Crippen LogP contribution in [0.4, 0.5) is 0 Å². The monoisotopic (exact) mass is 562 g/mol. The van der Waals surface area contributed by atoms with E-state index in [-0.39, 0.29) is 30.7 Å². The Morgan fingerprint density at radius 1 is 1.07 bits per heavy atom. The molecule has 6 rings (SSSR count). The minimum atomic E-state index is -2.57. The van der Waals surface area contributed by atoms with Crippen LogP contribution in [0.25, 0.3) is 0 Å². The van der Waals surface area contributed by atoms with E-state index in [1.54, 1.807) is 25.1 Å². The number of nitrogens with two attached hydrogens (primary N) is 2. The Balaban J connectivity index is 1.25. The van der Waals surface area contributed by atoms with Gasteiger partial charge in [-0.3, -0.25) is 9.59 Å². The molecule has 1 aliphatic carbocycles. The summed E-state index contributed by atoms with van der Waals surface area (Å²) in [5.74, 6) is -3.51. The molecule has 14 heteroatoms. The van der Waals surface area contributed by atoms with Crippen LogP contribution in [0.1, 0.15) is 56.9 Å². The first kappa shape index (κ1) is 26.9. The summed E-state index contributed by atoms with van der Waals surface area (Å²) < 4.78 is 0. The minimum Gasteiger partial charge on any atom is -0.370 e. The van der Waals surface area contributed by atoms with Gasteiger partial charge in [0.25, 0.3) is 11.8 Å². The number of aryl methyl sites for hydroxylation is 2. The lowest BCUT2D eigenvalue weighted by atomic mass is 9.85. The van der Waals surface area contributed by atoms with Crippen molar-refractivity contribution in [3.8, 4) is 0 Å².